The van der Waals surface area contributed by atoms with Gasteiger partial charge in [0, 0.05) is 0 Å². The smallest absolute Gasteiger partial charge is 0.335 e. The number of carbonyl (C=O) groups is 1. The first kappa shape index (κ1) is 13.1. The van der Waals surface area contributed by atoms with Crippen molar-refractivity contribution in [2.75, 3.05) is 20.8 Å². The fourth-order valence-electron chi connectivity index (χ4n) is 1.40. The van der Waals surface area contributed by atoms with Crippen LogP contribution in [0, 0.1) is 0 Å². The summed E-state index contributed by atoms with van der Waals surface area (Å²) in [6, 6.07) is 2.81. The van der Waals surface area contributed by atoms with Gasteiger partial charge < -0.3 is 19.7 Å². The molecule has 0 aliphatic carbocycles. The van der Waals surface area contributed by atoms with Crippen LogP contribution in [-0.4, -0.2) is 37.0 Å². The summed E-state index contributed by atoms with van der Waals surface area (Å²) < 4.78 is 10.2. The van der Waals surface area contributed by atoms with Crippen molar-refractivity contribution in [1.29, 1.82) is 0 Å². The van der Waals surface area contributed by atoms with E-state index in [4.69, 9.17) is 19.7 Å². The summed E-state index contributed by atoms with van der Waals surface area (Å²) in [5, 5.41) is 17.7. The molecular weight excluding hydrogens is 224 g/mol. The van der Waals surface area contributed by atoms with Gasteiger partial charge >= 0.3 is 5.97 Å². The Kier molecular flexibility index (Phi) is 4.54. The normalized spacial score (nSPS) is 10.5. The van der Waals surface area contributed by atoms with Crippen LogP contribution >= 0.6 is 0 Å². The van der Waals surface area contributed by atoms with Crippen LogP contribution < -0.4 is 9.47 Å². The van der Waals surface area contributed by atoms with E-state index < -0.39 is 5.97 Å². The van der Waals surface area contributed by atoms with E-state index in [0.717, 1.165) is 0 Å². The Morgan fingerprint density at radius 3 is 2.18 bits per heavy atom. The molecular formula is C12H14O5. The first-order valence-corrected chi connectivity index (χ1v) is 4.90. The maximum atomic E-state index is 10.9. The average Bonchev–Trinajstić information content (AvgIpc) is 2.34. The molecule has 0 spiro atoms. The van der Waals surface area contributed by atoms with Crippen molar-refractivity contribution in [3.63, 3.8) is 0 Å². The van der Waals surface area contributed by atoms with Crippen molar-refractivity contribution in [2.24, 2.45) is 0 Å². The Labute approximate surface area is 98.9 Å². The van der Waals surface area contributed by atoms with E-state index in [1.165, 1.54) is 32.4 Å². The Bertz CT molecular complexity index is 412. The molecule has 5 nitrogen and oxygen atoms in total. The number of rotatable bonds is 5. The highest BCUT2D eigenvalue weighted by Crippen LogP contribution is 2.31. The predicted molar refractivity (Wildman–Crippen MR) is 62.6 cm³/mol. The number of aliphatic hydroxyl groups excluding tert-OH is 1. The van der Waals surface area contributed by atoms with Crippen LogP contribution in [0.2, 0.25) is 0 Å². The number of methoxy groups -OCH3 is 2. The van der Waals surface area contributed by atoms with Crippen LogP contribution in [0.25, 0.3) is 6.08 Å². The molecule has 1 aromatic rings. The molecule has 2 N–H and O–H groups in total. The van der Waals surface area contributed by atoms with Crippen molar-refractivity contribution >= 4 is 12.0 Å². The quantitative estimate of drug-likeness (QED) is 0.811. The second kappa shape index (κ2) is 5.91. The molecule has 0 saturated carbocycles. The number of aromatic carboxylic acids is 1. The van der Waals surface area contributed by atoms with Crippen molar-refractivity contribution in [3.05, 3.63) is 29.3 Å². The van der Waals surface area contributed by atoms with Gasteiger partial charge in [-0.2, -0.15) is 0 Å². The predicted octanol–water partition coefficient (Wildman–Crippen LogP) is 1.41. The SMILES string of the molecule is COc1cc(C(=O)O)cc(OC)c1C=CCO. The summed E-state index contributed by atoms with van der Waals surface area (Å²) in [6.45, 7) is -0.118. The zero-order valence-corrected chi connectivity index (χ0v) is 9.64. The monoisotopic (exact) mass is 238 g/mol. The van der Waals surface area contributed by atoms with Gasteiger partial charge in [-0.3, -0.25) is 0 Å². The largest absolute Gasteiger partial charge is 0.496 e. The van der Waals surface area contributed by atoms with Crippen molar-refractivity contribution in [2.45, 2.75) is 0 Å². The molecule has 0 atom stereocenters. The molecule has 0 amide bonds. The number of hydrogen-bond donors (Lipinski definition) is 2. The van der Waals surface area contributed by atoms with Crippen molar-refractivity contribution in [3.8, 4) is 11.5 Å². The minimum Gasteiger partial charge on any atom is -0.496 e. The van der Waals surface area contributed by atoms with E-state index >= 15 is 0 Å². The molecule has 0 heterocycles. The van der Waals surface area contributed by atoms with Crippen LogP contribution in [0.3, 0.4) is 0 Å². The van der Waals surface area contributed by atoms with Crippen LogP contribution in [-0.2, 0) is 0 Å². The zero-order chi connectivity index (χ0) is 12.8. The minimum absolute atomic E-state index is 0.0832. The summed E-state index contributed by atoms with van der Waals surface area (Å²) >= 11 is 0. The highest BCUT2D eigenvalue weighted by atomic mass is 16.5. The molecule has 1 aromatic carbocycles. The molecule has 0 bridgehead atoms. The van der Waals surface area contributed by atoms with Gasteiger partial charge in [0.15, 0.2) is 0 Å². The van der Waals surface area contributed by atoms with Gasteiger partial charge in [-0.05, 0) is 18.2 Å². The fourth-order valence-corrected chi connectivity index (χ4v) is 1.40. The van der Waals surface area contributed by atoms with Gasteiger partial charge in [0.1, 0.15) is 11.5 Å². The lowest BCUT2D eigenvalue weighted by Gasteiger charge is -2.11. The fraction of sp³-hybridized carbons (Fsp3) is 0.250. The van der Waals surface area contributed by atoms with E-state index in [9.17, 15) is 4.79 Å². The third-order valence-electron chi connectivity index (χ3n) is 2.18. The summed E-state index contributed by atoms with van der Waals surface area (Å²) in [6.07, 6.45) is 3.13. The number of aliphatic hydroxyl groups is 1. The lowest BCUT2D eigenvalue weighted by atomic mass is 10.1. The van der Waals surface area contributed by atoms with E-state index in [-0.39, 0.29) is 12.2 Å². The van der Waals surface area contributed by atoms with Crippen LogP contribution in [0.5, 0.6) is 11.5 Å². The van der Waals surface area contributed by atoms with Crippen LogP contribution in [0.1, 0.15) is 15.9 Å². The second-order valence-corrected chi connectivity index (χ2v) is 3.18. The molecule has 1 rings (SSSR count). The molecule has 17 heavy (non-hydrogen) atoms. The van der Waals surface area contributed by atoms with Gasteiger partial charge in [0.05, 0.1) is 32.0 Å². The van der Waals surface area contributed by atoms with Gasteiger partial charge in [-0.25, -0.2) is 4.79 Å². The third kappa shape index (κ3) is 2.98. The van der Waals surface area contributed by atoms with Gasteiger partial charge in [0.25, 0.3) is 0 Å². The highest BCUT2D eigenvalue weighted by Gasteiger charge is 2.13. The molecule has 0 unspecified atom stereocenters. The molecule has 0 saturated heterocycles. The summed E-state index contributed by atoms with van der Waals surface area (Å²) in [5.41, 5.74) is 0.675. The number of ether oxygens (including phenoxy) is 2. The molecule has 0 fully saturated rings. The van der Waals surface area contributed by atoms with E-state index in [1.54, 1.807) is 6.08 Å². The maximum absolute atomic E-state index is 10.9. The second-order valence-electron chi connectivity index (χ2n) is 3.18. The summed E-state index contributed by atoms with van der Waals surface area (Å²) in [5.74, 6) is -0.294. The summed E-state index contributed by atoms with van der Waals surface area (Å²) in [7, 11) is 2.88. The Balaban J connectivity index is 3.35. The van der Waals surface area contributed by atoms with Crippen LogP contribution in [0.4, 0.5) is 0 Å². The van der Waals surface area contributed by atoms with E-state index in [1.807, 2.05) is 0 Å². The maximum Gasteiger partial charge on any atom is 0.335 e. The lowest BCUT2D eigenvalue weighted by molar-refractivity contribution is 0.0696. The number of hydrogen-bond acceptors (Lipinski definition) is 4. The van der Waals surface area contributed by atoms with Crippen molar-refractivity contribution in [1.82, 2.24) is 0 Å². The zero-order valence-electron chi connectivity index (χ0n) is 9.64. The molecule has 0 aliphatic heterocycles. The Hall–Kier alpha value is -2.01. The molecule has 92 valence electrons. The Morgan fingerprint density at radius 1 is 1.29 bits per heavy atom. The lowest BCUT2D eigenvalue weighted by Crippen LogP contribution is -2.00. The molecule has 0 aromatic heterocycles. The van der Waals surface area contributed by atoms with Gasteiger partial charge in [-0.15, -0.1) is 0 Å². The number of carboxylic acids is 1. The molecule has 5 heteroatoms. The number of carboxylic acid groups (broad SMARTS) is 1. The standard InChI is InChI=1S/C12H14O5/c1-16-10-6-8(12(14)15)7-11(17-2)9(10)4-3-5-13/h3-4,6-7,13H,5H2,1-2H3,(H,14,15). The first-order valence-electron chi connectivity index (χ1n) is 4.90. The molecule has 0 radical (unpaired) electrons. The van der Waals surface area contributed by atoms with E-state index in [2.05, 4.69) is 0 Å². The molecule has 0 aliphatic rings. The first-order chi connectivity index (χ1) is 8.13. The average molecular weight is 238 g/mol. The van der Waals surface area contributed by atoms with Crippen molar-refractivity contribution < 1.29 is 24.5 Å². The van der Waals surface area contributed by atoms with Gasteiger partial charge in [-0.1, -0.05) is 6.08 Å². The third-order valence-corrected chi connectivity index (χ3v) is 2.18. The highest BCUT2D eigenvalue weighted by molar-refractivity contribution is 5.90. The van der Waals surface area contributed by atoms with Crippen LogP contribution in [0.15, 0.2) is 18.2 Å². The topological polar surface area (TPSA) is 76.0 Å². The summed E-state index contributed by atoms with van der Waals surface area (Å²) in [4.78, 5) is 10.9. The Morgan fingerprint density at radius 2 is 1.82 bits per heavy atom. The minimum atomic E-state index is -1.06. The number of benzene rings is 1. The van der Waals surface area contributed by atoms with E-state index in [0.29, 0.717) is 17.1 Å². The van der Waals surface area contributed by atoms with Gasteiger partial charge in [0.2, 0.25) is 0 Å².